The zero-order chi connectivity index (χ0) is 9.97. The van der Waals surface area contributed by atoms with E-state index in [1.165, 1.54) is 16.2 Å². The van der Waals surface area contributed by atoms with Gasteiger partial charge in [0.25, 0.3) is 0 Å². The lowest BCUT2D eigenvalue weighted by atomic mass is 10.5. The second kappa shape index (κ2) is 4.61. The minimum atomic E-state index is 0.546. The van der Waals surface area contributed by atoms with E-state index in [9.17, 15) is 0 Å². The van der Waals surface area contributed by atoms with E-state index < -0.39 is 0 Å². The van der Waals surface area contributed by atoms with Gasteiger partial charge in [0.15, 0.2) is 5.13 Å². The van der Waals surface area contributed by atoms with Crippen molar-refractivity contribution in [3.63, 3.8) is 0 Å². The fourth-order valence-electron chi connectivity index (χ4n) is 0.945. The Morgan fingerprint density at radius 3 is 2.93 bits per heavy atom. The number of halogens is 2. The highest BCUT2D eigenvalue weighted by molar-refractivity contribution is 9.11. The summed E-state index contributed by atoms with van der Waals surface area (Å²) in [6.07, 6.45) is 0. The molecule has 14 heavy (non-hydrogen) atoms. The Labute approximate surface area is 103 Å². The van der Waals surface area contributed by atoms with E-state index in [2.05, 4.69) is 32.3 Å². The molecule has 0 aliphatic heterocycles. The SMILES string of the molecule is Clc1csc(NCc2ccc(Br)s2)n1. The maximum Gasteiger partial charge on any atom is 0.184 e. The molecule has 0 aliphatic rings. The molecule has 0 saturated carbocycles. The lowest BCUT2D eigenvalue weighted by molar-refractivity contribution is 1.17. The molecule has 2 rings (SSSR count). The van der Waals surface area contributed by atoms with Crippen LogP contribution in [0.5, 0.6) is 0 Å². The van der Waals surface area contributed by atoms with Gasteiger partial charge in [0.1, 0.15) is 5.15 Å². The van der Waals surface area contributed by atoms with E-state index in [0.717, 1.165) is 15.5 Å². The number of thiophene rings is 1. The first-order chi connectivity index (χ1) is 6.74. The molecule has 0 fully saturated rings. The molecule has 0 saturated heterocycles. The molecule has 0 aromatic carbocycles. The second-order valence-electron chi connectivity index (χ2n) is 2.53. The van der Waals surface area contributed by atoms with E-state index in [1.54, 1.807) is 11.3 Å². The average molecular weight is 310 g/mol. The van der Waals surface area contributed by atoms with Gasteiger partial charge < -0.3 is 5.32 Å². The molecule has 0 atom stereocenters. The van der Waals surface area contributed by atoms with Crippen molar-refractivity contribution in [2.45, 2.75) is 6.54 Å². The zero-order valence-electron chi connectivity index (χ0n) is 6.96. The highest BCUT2D eigenvalue weighted by Crippen LogP contribution is 2.24. The van der Waals surface area contributed by atoms with Crippen molar-refractivity contribution in [3.8, 4) is 0 Å². The number of nitrogens with one attached hydrogen (secondary N) is 1. The van der Waals surface area contributed by atoms with Gasteiger partial charge in [-0.05, 0) is 28.1 Å². The maximum atomic E-state index is 5.70. The van der Waals surface area contributed by atoms with Gasteiger partial charge in [0.05, 0.1) is 10.3 Å². The van der Waals surface area contributed by atoms with Crippen LogP contribution in [0.2, 0.25) is 5.15 Å². The molecule has 1 N–H and O–H groups in total. The number of anilines is 1. The van der Waals surface area contributed by atoms with Crippen LogP contribution >= 0.6 is 50.2 Å². The number of aromatic nitrogens is 1. The summed E-state index contributed by atoms with van der Waals surface area (Å²) in [5.74, 6) is 0. The van der Waals surface area contributed by atoms with Gasteiger partial charge in [0, 0.05) is 10.3 Å². The molecule has 0 amide bonds. The third-order valence-corrected chi connectivity index (χ3v) is 4.27. The fraction of sp³-hybridized carbons (Fsp3) is 0.125. The fourth-order valence-corrected chi connectivity index (χ4v) is 3.20. The van der Waals surface area contributed by atoms with Crippen molar-refractivity contribution in [3.05, 3.63) is 31.3 Å². The summed E-state index contributed by atoms with van der Waals surface area (Å²) in [4.78, 5) is 5.37. The van der Waals surface area contributed by atoms with Gasteiger partial charge in [-0.3, -0.25) is 0 Å². The number of nitrogens with zero attached hydrogens (tertiary/aromatic N) is 1. The quantitative estimate of drug-likeness (QED) is 0.917. The molecular weight excluding hydrogens is 304 g/mol. The predicted octanol–water partition coefficient (Wildman–Crippen LogP) is 4.23. The first kappa shape index (κ1) is 10.4. The Morgan fingerprint density at radius 2 is 2.36 bits per heavy atom. The second-order valence-corrected chi connectivity index (χ2v) is 6.33. The normalized spacial score (nSPS) is 10.4. The van der Waals surface area contributed by atoms with Crippen LogP contribution in [0.25, 0.3) is 0 Å². The zero-order valence-corrected chi connectivity index (χ0v) is 10.9. The first-order valence-corrected chi connectivity index (χ1v) is 6.70. The van der Waals surface area contributed by atoms with Crippen molar-refractivity contribution in [2.75, 3.05) is 5.32 Å². The summed E-state index contributed by atoms with van der Waals surface area (Å²) in [5, 5.41) is 6.43. The maximum absolute atomic E-state index is 5.70. The van der Waals surface area contributed by atoms with Crippen LogP contribution in [0, 0.1) is 0 Å². The number of hydrogen-bond acceptors (Lipinski definition) is 4. The largest absolute Gasteiger partial charge is 0.357 e. The van der Waals surface area contributed by atoms with Gasteiger partial charge >= 0.3 is 0 Å². The lowest BCUT2D eigenvalue weighted by Crippen LogP contribution is -1.95. The van der Waals surface area contributed by atoms with Crippen LogP contribution in [-0.4, -0.2) is 4.98 Å². The smallest absolute Gasteiger partial charge is 0.184 e. The lowest BCUT2D eigenvalue weighted by Gasteiger charge is -1.97. The van der Waals surface area contributed by atoms with Gasteiger partial charge in [-0.2, -0.15) is 0 Å². The van der Waals surface area contributed by atoms with Gasteiger partial charge in [-0.1, -0.05) is 11.6 Å². The van der Waals surface area contributed by atoms with Gasteiger partial charge in [0.2, 0.25) is 0 Å². The summed E-state index contributed by atoms with van der Waals surface area (Å²) >= 11 is 12.3. The minimum Gasteiger partial charge on any atom is -0.357 e. The van der Waals surface area contributed by atoms with Crippen LogP contribution in [-0.2, 0) is 6.54 Å². The average Bonchev–Trinajstić information content (AvgIpc) is 2.72. The predicted molar refractivity (Wildman–Crippen MR) is 66.5 cm³/mol. The standard InChI is InChI=1S/C8H6BrClN2S2/c9-6-2-1-5(14-6)3-11-8-12-7(10)4-13-8/h1-2,4H,3H2,(H,11,12). The van der Waals surface area contributed by atoms with E-state index in [-0.39, 0.29) is 0 Å². The monoisotopic (exact) mass is 308 g/mol. The van der Waals surface area contributed by atoms with E-state index >= 15 is 0 Å². The molecular formula is C8H6BrClN2S2. The van der Waals surface area contributed by atoms with E-state index in [4.69, 9.17) is 11.6 Å². The molecule has 2 aromatic heterocycles. The van der Waals surface area contributed by atoms with E-state index in [1.807, 2.05) is 11.4 Å². The summed E-state index contributed by atoms with van der Waals surface area (Å²) in [6, 6.07) is 4.12. The Hall–Kier alpha value is -0.100. The summed E-state index contributed by atoms with van der Waals surface area (Å²) < 4.78 is 1.14. The van der Waals surface area contributed by atoms with Crippen LogP contribution in [0.1, 0.15) is 4.88 Å². The van der Waals surface area contributed by atoms with Crippen LogP contribution in [0.3, 0.4) is 0 Å². The van der Waals surface area contributed by atoms with Crippen LogP contribution in [0.4, 0.5) is 5.13 Å². The molecule has 0 spiro atoms. The Morgan fingerprint density at radius 1 is 1.50 bits per heavy atom. The molecule has 74 valence electrons. The van der Waals surface area contributed by atoms with Crippen molar-refractivity contribution in [1.29, 1.82) is 0 Å². The number of rotatable bonds is 3. The molecule has 0 aliphatic carbocycles. The topological polar surface area (TPSA) is 24.9 Å². The molecule has 6 heteroatoms. The summed E-state index contributed by atoms with van der Waals surface area (Å²) in [7, 11) is 0. The highest BCUT2D eigenvalue weighted by Gasteiger charge is 2.00. The Kier molecular flexibility index (Phi) is 3.43. The van der Waals surface area contributed by atoms with Crippen molar-refractivity contribution in [1.82, 2.24) is 4.98 Å². The van der Waals surface area contributed by atoms with Crippen molar-refractivity contribution in [2.24, 2.45) is 0 Å². The van der Waals surface area contributed by atoms with Crippen molar-refractivity contribution >= 4 is 55.3 Å². The minimum absolute atomic E-state index is 0.546. The molecule has 0 radical (unpaired) electrons. The Balaban J connectivity index is 1.94. The van der Waals surface area contributed by atoms with Gasteiger partial charge in [-0.25, -0.2) is 4.98 Å². The number of hydrogen-bond donors (Lipinski definition) is 1. The third-order valence-electron chi connectivity index (χ3n) is 1.52. The molecule has 2 nitrogen and oxygen atoms in total. The molecule has 2 heterocycles. The third kappa shape index (κ3) is 2.70. The first-order valence-electron chi connectivity index (χ1n) is 3.83. The molecule has 2 aromatic rings. The number of thiazole rings is 1. The molecule has 0 unspecified atom stereocenters. The highest BCUT2D eigenvalue weighted by atomic mass is 79.9. The van der Waals surface area contributed by atoms with Crippen molar-refractivity contribution < 1.29 is 0 Å². The summed E-state index contributed by atoms with van der Waals surface area (Å²) in [5.41, 5.74) is 0. The Bertz CT molecular complexity index is 386. The molecule has 0 bridgehead atoms. The van der Waals surface area contributed by atoms with Crippen LogP contribution < -0.4 is 5.32 Å². The summed E-state index contributed by atoms with van der Waals surface area (Å²) in [6.45, 7) is 0.792. The van der Waals surface area contributed by atoms with Gasteiger partial charge in [-0.15, -0.1) is 22.7 Å². The van der Waals surface area contributed by atoms with Crippen LogP contribution in [0.15, 0.2) is 21.3 Å². The van der Waals surface area contributed by atoms with E-state index in [0.29, 0.717) is 5.15 Å².